The summed E-state index contributed by atoms with van der Waals surface area (Å²) < 4.78 is 0. The third-order valence-electron chi connectivity index (χ3n) is 5.57. The molecule has 2 aromatic carbocycles. The van der Waals surface area contributed by atoms with E-state index in [1.807, 2.05) is 30.3 Å². The Hall–Kier alpha value is -3.28. The fourth-order valence-electron chi connectivity index (χ4n) is 4.08. The molecule has 3 amide bonds. The molecule has 0 aliphatic carbocycles. The Labute approximate surface area is 169 Å². The van der Waals surface area contributed by atoms with E-state index in [1.54, 1.807) is 29.2 Å². The van der Waals surface area contributed by atoms with E-state index in [0.29, 0.717) is 18.5 Å². The van der Waals surface area contributed by atoms with Crippen LogP contribution >= 0.6 is 0 Å². The molecule has 2 aliphatic rings. The molecule has 6 nitrogen and oxygen atoms in total. The Morgan fingerprint density at radius 3 is 2.21 bits per heavy atom. The summed E-state index contributed by atoms with van der Waals surface area (Å²) in [4.78, 5) is 53.1. The molecule has 2 heterocycles. The summed E-state index contributed by atoms with van der Waals surface area (Å²) in [7, 11) is 0. The second kappa shape index (κ2) is 7.99. The summed E-state index contributed by atoms with van der Waals surface area (Å²) in [6.45, 7) is 0.414. The number of benzene rings is 2. The number of nitrogens with zero attached hydrogens (tertiary/aromatic N) is 2. The maximum absolute atomic E-state index is 13.0. The lowest BCUT2D eigenvalue weighted by atomic mass is 9.95. The van der Waals surface area contributed by atoms with Gasteiger partial charge in [0.1, 0.15) is 6.17 Å². The van der Waals surface area contributed by atoms with E-state index in [-0.39, 0.29) is 49.2 Å². The van der Waals surface area contributed by atoms with Crippen molar-refractivity contribution in [2.45, 2.75) is 38.3 Å². The number of Topliss-reactive ketones (excluding diaryl/α,β-unsaturated/α-hetero) is 1. The van der Waals surface area contributed by atoms with E-state index in [0.717, 1.165) is 11.1 Å². The number of hydrogen-bond acceptors (Lipinski definition) is 4. The van der Waals surface area contributed by atoms with E-state index < -0.39 is 6.17 Å². The van der Waals surface area contributed by atoms with Crippen LogP contribution in [0.15, 0.2) is 54.6 Å². The highest BCUT2D eigenvalue weighted by molar-refractivity contribution is 6.03. The first-order valence-corrected chi connectivity index (χ1v) is 9.86. The van der Waals surface area contributed by atoms with Crippen molar-refractivity contribution in [1.82, 2.24) is 9.80 Å². The van der Waals surface area contributed by atoms with Crippen LogP contribution in [0.25, 0.3) is 0 Å². The van der Waals surface area contributed by atoms with Crippen molar-refractivity contribution in [2.24, 2.45) is 0 Å². The van der Waals surface area contributed by atoms with Gasteiger partial charge in [-0.05, 0) is 17.5 Å². The van der Waals surface area contributed by atoms with Crippen LogP contribution in [-0.4, -0.2) is 39.8 Å². The van der Waals surface area contributed by atoms with Crippen molar-refractivity contribution in [2.75, 3.05) is 6.54 Å². The van der Waals surface area contributed by atoms with E-state index in [4.69, 9.17) is 0 Å². The molecule has 0 N–H and O–H groups in total. The number of ketones is 1. The second-order valence-corrected chi connectivity index (χ2v) is 7.36. The summed E-state index contributed by atoms with van der Waals surface area (Å²) in [5.74, 6) is -0.827. The van der Waals surface area contributed by atoms with Crippen molar-refractivity contribution >= 4 is 23.5 Å². The van der Waals surface area contributed by atoms with E-state index in [1.165, 1.54) is 4.90 Å². The molecule has 148 valence electrons. The average Bonchev–Trinajstić information content (AvgIpc) is 3.09. The van der Waals surface area contributed by atoms with Gasteiger partial charge in [-0.3, -0.25) is 24.1 Å². The van der Waals surface area contributed by atoms with Crippen LogP contribution in [-0.2, 0) is 20.8 Å². The quantitative estimate of drug-likeness (QED) is 0.581. The molecular formula is C23H22N2O4. The number of carbonyl (C=O) groups excluding carboxylic acids is 4. The Morgan fingerprint density at radius 1 is 0.828 bits per heavy atom. The van der Waals surface area contributed by atoms with Crippen molar-refractivity contribution in [3.05, 3.63) is 71.3 Å². The number of amides is 3. The van der Waals surface area contributed by atoms with Crippen LogP contribution in [0.3, 0.4) is 0 Å². The minimum atomic E-state index is -0.721. The Bertz CT molecular complexity index is 954. The molecule has 2 aromatic rings. The van der Waals surface area contributed by atoms with Gasteiger partial charge in [0, 0.05) is 37.8 Å². The molecule has 0 spiro atoms. The third kappa shape index (κ3) is 3.70. The molecule has 0 radical (unpaired) electrons. The molecule has 1 atom stereocenters. The molecule has 4 rings (SSSR count). The van der Waals surface area contributed by atoms with Crippen molar-refractivity contribution < 1.29 is 19.2 Å². The number of rotatable bonds is 5. The first kappa shape index (κ1) is 19.1. The van der Waals surface area contributed by atoms with Gasteiger partial charge in [-0.1, -0.05) is 54.6 Å². The fraction of sp³-hybridized carbons (Fsp3) is 0.304. The molecule has 0 saturated carbocycles. The van der Waals surface area contributed by atoms with Crippen molar-refractivity contribution in [3.8, 4) is 0 Å². The monoisotopic (exact) mass is 390 g/mol. The molecule has 0 unspecified atom stereocenters. The molecule has 6 heteroatoms. The van der Waals surface area contributed by atoms with Crippen LogP contribution in [0.4, 0.5) is 0 Å². The van der Waals surface area contributed by atoms with Crippen LogP contribution in [0.2, 0.25) is 0 Å². The molecular weight excluding hydrogens is 368 g/mol. The predicted octanol–water partition coefficient (Wildman–Crippen LogP) is 2.88. The third-order valence-corrected chi connectivity index (χ3v) is 5.57. The highest BCUT2D eigenvalue weighted by Crippen LogP contribution is 2.36. The maximum Gasteiger partial charge on any atom is 0.231 e. The van der Waals surface area contributed by atoms with Gasteiger partial charge in [-0.25, -0.2) is 0 Å². The minimum absolute atomic E-state index is 0.0443. The second-order valence-electron chi connectivity index (χ2n) is 7.36. The normalized spacial score (nSPS) is 18.7. The highest BCUT2D eigenvalue weighted by Gasteiger charge is 2.42. The van der Waals surface area contributed by atoms with E-state index in [9.17, 15) is 19.2 Å². The summed E-state index contributed by atoms with van der Waals surface area (Å²) in [5.41, 5.74) is 2.42. The van der Waals surface area contributed by atoms with Crippen LogP contribution in [0, 0.1) is 0 Å². The maximum atomic E-state index is 13.0. The van der Waals surface area contributed by atoms with Gasteiger partial charge in [0.25, 0.3) is 0 Å². The van der Waals surface area contributed by atoms with Crippen molar-refractivity contribution in [1.29, 1.82) is 0 Å². The molecule has 0 bridgehead atoms. The van der Waals surface area contributed by atoms with Gasteiger partial charge in [0.05, 0.1) is 0 Å². The Kier molecular flexibility index (Phi) is 5.25. The molecule has 2 aliphatic heterocycles. The molecule has 1 fully saturated rings. The number of fused-ring (bicyclic) bond motifs is 1. The number of hydrogen-bond donors (Lipinski definition) is 0. The first-order chi connectivity index (χ1) is 14.1. The lowest BCUT2D eigenvalue weighted by Gasteiger charge is -2.41. The molecule has 1 saturated heterocycles. The lowest BCUT2D eigenvalue weighted by molar-refractivity contribution is -0.152. The zero-order valence-electron chi connectivity index (χ0n) is 16.0. The van der Waals surface area contributed by atoms with Gasteiger partial charge in [0.15, 0.2) is 5.78 Å². The first-order valence-electron chi connectivity index (χ1n) is 9.86. The van der Waals surface area contributed by atoms with E-state index >= 15 is 0 Å². The lowest BCUT2D eigenvalue weighted by Crippen LogP contribution is -2.50. The summed E-state index contributed by atoms with van der Waals surface area (Å²) in [6.07, 6.45) is 0.416. The largest absolute Gasteiger partial charge is 0.317 e. The molecule has 0 aromatic heterocycles. The average molecular weight is 390 g/mol. The Morgan fingerprint density at radius 2 is 1.48 bits per heavy atom. The van der Waals surface area contributed by atoms with Crippen LogP contribution < -0.4 is 0 Å². The number of carbonyl (C=O) groups is 4. The summed E-state index contributed by atoms with van der Waals surface area (Å²) >= 11 is 0. The van der Waals surface area contributed by atoms with Gasteiger partial charge >= 0.3 is 0 Å². The Balaban J connectivity index is 1.56. The summed E-state index contributed by atoms with van der Waals surface area (Å²) in [6, 6.07) is 16.5. The SMILES string of the molecule is O=C(CCC(=O)N1CCc2ccccc2[C@@H]1N1C(=O)CCC1=O)c1ccccc1. The zero-order valence-corrected chi connectivity index (χ0v) is 16.0. The van der Waals surface area contributed by atoms with Gasteiger partial charge in [0.2, 0.25) is 17.7 Å². The zero-order chi connectivity index (χ0) is 20.4. The summed E-state index contributed by atoms with van der Waals surface area (Å²) in [5, 5.41) is 0. The van der Waals surface area contributed by atoms with Crippen LogP contribution in [0.5, 0.6) is 0 Å². The standard InChI is InChI=1S/C23H22N2O4/c26-19(17-7-2-1-3-8-17)10-11-20(27)24-15-14-16-6-4-5-9-18(16)23(24)25-21(28)12-13-22(25)29/h1-9,23H,10-15H2/t23-/m0/s1. The predicted molar refractivity (Wildman–Crippen MR) is 106 cm³/mol. The van der Waals surface area contributed by atoms with Crippen molar-refractivity contribution in [3.63, 3.8) is 0 Å². The smallest absolute Gasteiger partial charge is 0.231 e. The number of imide groups is 1. The van der Waals surface area contributed by atoms with Gasteiger partial charge < -0.3 is 4.90 Å². The number of likely N-dealkylation sites (tertiary alicyclic amines) is 1. The fourth-order valence-corrected chi connectivity index (χ4v) is 4.08. The van der Waals surface area contributed by atoms with Gasteiger partial charge in [-0.15, -0.1) is 0 Å². The highest BCUT2D eigenvalue weighted by atomic mass is 16.2. The minimum Gasteiger partial charge on any atom is -0.317 e. The van der Waals surface area contributed by atoms with Gasteiger partial charge in [-0.2, -0.15) is 0 Å². The topological polar surface area (TPSA) is 74.8 Å². The molecule has 29 heavy (non-hydrogen) atoms. The van der Waals surface area contributed by atoms with Crippen LogP contribution in [0.1, 0.15) is 53.3 Å². The van der Waals surface area contributed by atoms with E-state index in [2.05, 4.69) is 0 Å².